The molecule has 0 atom stereocenters. The van der Waals surface area contributed by atoms with Crippen molar-refractivity contribution in [3.8, 4) is 17.6 Å². The molecule has 2 rings (SSSR count). The first-order valence-corrected chi connectivity index (χ1v) is 7.84. The van der Waals surface area contributed by atoms with Gasteiger partial charge in [-0.3, -0.25) is 4.79 Å². The number of para-hydroxylation sites is 1. The van der Waals surface area contributed by atoms with E-state index in [1.807, 2.05) is 6.07 Å². The Bertz CT molecular complexity index is 853. The van der Waals surface area contributed by atoms with Gasteiger partial charge in [-0.2, -0.15) is 5.26 Å². The van der Waals surface area contributed by atoms with Gasteiger partial charge in [-0.1, -0.05) is 35.3 Å². The Balaban J connectivity index is 2.34. The van der Waals surface area contributed by atoms with Crippen LogP contribution in [0.25, 0.3) is 6.08 Å². The van der Waals surface area contributed by atoms with Crippen LogP contribution < -0.4 is 14.8 Å². The molecule has 0 aliphatic carbocycles. The molecule has 7 heteroatoms. The molecule has 0 aliphatic rings. The van der Waals surface area contributed by atoms with Gasteiger partial charge in [-0.15, -0.1) is 0 Å². The third-order valence-corrected chi connectivity index (χ3v) is 3.66. The average molecular weight is 377 g/mol. The Labute approximate surface area is 155 Å². The van der Waals surface area contributed by atoms with Crippen LogP contribution in [0.3, 0.4) is 0 Å². The lowest BCUT2D eigenvalue weighted by Crippen LogP contribution is -2.13. The number of rotatable bonds is 5. The third kappa shape index (κ3) is 4.66. The van der Waals surface area contributed by atoms with Gasteiger partial charge in [0.05, 0.1) is 14.2 Å². The molecule has 5 nitrogen and oxygen atoms in total. The zero-order valence-corrected chi connectivity index (χ0v) is 15.0. The largest absolute Gasteiger partial charge is 0.493 e. The lowest BCUT2D eigenvalue weighted by Gasteiger charge is -2.10. The van der Waals surface area contributed by atoms with Crippen LogP contribution in [-0.2, 0) is 4.79 Å². The van der Waals surface area contributed by atoms with Crippen molar-refractivity contribution < 1.29 is 14.3 Å². The summed E-state index contributed by atoms with van der Waals surface area (Å²) < 4.78 is 10.5. The second-order valence-corrected chi connectivity index (χ2v) is 5.74. The molecule has 0 saturated carbocycles. The number of hydrogen-bond donors (Lipinski definition) is 1. The maximum Gasteiger partial charge on any atom is 0.266 e. The molecule has 1 N–H and O–H groups in total. The first kappa shape index (κ1) is 18.7. The molecule has 0 saturated heterocycles. The molecule has 25 heavy (non-hydrogen) atoms. The number of nitrogens with one attached hydrogen (secondary N) is 1. The summed E-state index contributed by atoms with van der Waals surface area (Å²) >= 11 is 11.8. The summed E-state index contributed by atoms with van der Waals surface area (Å²) in [5.41, 5.74) is 0.821. The second-order valence-electron chi connectivity index (χ2n) is 4.86. The van der Waals surface area contributed by atoms with Crippen molar-refractivity contribution in [3.63, 3.8) is 0 Å². The minimum Gasteiger partial charge on any atom is -0.493 e. The van der Waals surface area contributed by atoms with Crippen LogP contribution in [0.5, 0.6) is 11.5 Å². The van der Waals surface area contributed by atoms with E-state index in [1.54, 1.807) is 24.3 Å². The summed E-state index contributed by atoms with van der Waals surface area (Å²) in [7, 11) is 2.99. The van der Waals surface area contributed by atoms with E-state index in [-0.39, 0.29) is 5.57 Å². The van der Waals surface area contributed by atoms with Gasteiger partial charge in [0.25, 0.3) is 5.91 Å². The van der Waals surface area contributed by atoms with Crippen molar-refractivity contribution in [2.45, 2.75) is 0 Å². The van der Waals surface area contributed by atoms with Gasteiger partial charge in [0.2, 0.25) is 0 Å². The van der Waals surface area contributed by atoms with Crippen LogP contribution in [0.1, 0.15) is 5.56 Å². The van der Waals surface area contributed by atoms with E-state index in [0.29, 0.717) is 32.8 Å². The highest BCUT2D eigenvalue weighted by Gasteiger charge is 2.14. The summed E-state index contributed by atoms with van der Waals surface area (Å²) in [6.07, 6.45) is 1.42. The van der Waals surface area contributed by atoms with Crippen LogP contribution in [0.2, 0.25) is 10.0 Å². The zero-order chi connectivity index (χ0) is 18.4. The Kier molecular flexibility index (Phi) is 6.29. The molecule has 1 amide bonds. The summed E-state index contributed by atoms with van der Waals surface area (Å²) in [4.78, 5) is 12.4. The number of nitrogens with zero attached hydrogens (tertiary/aromatic N) is 1. The summed E-state index contributed by atoms with van der Waals surface area (Å²) in [6.45, 7) is 0. The zero-order valence-electron chi connectivity index (χ0n) is 13.5. The Morgan fingerprint density at radius 1 is 1.16 bits per heavy atom. The Morgan fingerprint density at radius 2 is 1.84 bits per heavy atom. The highest BCUT2D eigenvalue weighted by atomic mass is 35.5. The number of carbonyl (C=O) groups is 1. The topological polar surface area (TPSA) is 71.3 Å². The quantitative estimate of drug-likeness (QED) is 0.613. The van der Waals surface area contributed by atoms with Crippen molar-refractivity contribution in [3.05, 3.63) is 57.6 Å². The molecule has 0 aliphatic heterocycles. The normalized spacial score (nSPS) is 10.8. The van der Waals surface area contributed by atoms with Gasteiger partial charge in [0.15, 0.2) is 11.5 Å². The molecule has 2 aromatic rings. The van der Waals surface area contributed by atoms with E-state index in [1.165, 1.54) is 32.4 Å². The summed E-state index contributed by atoms with van der Waals surface area (Å²) in [5.74, 6) is 0.331. The predicted molar refractivity (Wildman–Crippen MR) is 98.2 cm³/mol. The first-order chi connectivity index (χ1) is 12.0. The second kappa shape index (κ2) is 8.43. The molecule has 0 radical (unpaired) electrons. The first-order valence-electron chi connectivity index (χ1n) is 7.08. The monoisotopic (exact) mass is 376 g/mol. The fourth-order valence-electron chi connectivity index (χ4n) is 2.15. The van der Waals surface area contributed by atoms with Crippen LogP contribution in [0.15, 0.2) is 42.0 Å². The van der Waals surface area contributed by atoms with Gasteiger partial charge >= 0.3 is 0 Å². The van der Waals surface area contributed by atoms with Crippen molar-refractivity contribution >= 4 is 40.9 Å². The molecule has 0 spiro atoms. The molecule has 2 aromatic carbocycles. The smallest absolute Gasteiger partial charge is 0.266 e. The molecule has 0 aromatic heterocycles. The highest BCUT2D eigenvalue weighted by Crippen LogP contribution is 2.32. The van der Waals surface area contributed by atoms with Gasteiger partial charge in [0.1, 0.15) is 11.6 Å². The fourth-order valence-corrected chi connectivity index (χ4v) is 2.68. The maximum atomic E-state index is 12.4. The Hall–Kier alpha value is -2.68. The average Bonchev–Trinajstić information content (AvgIpc) is 2.58. The van der Waals surface area contributed by atoms with E-state index in [0.717, 1.165) is 0 Å². The van der Waals surface area contributed by atoms with E-state index < -0.39 is 5.91 Å². The summed E-state index contributed by atoms with van der Waals surface area (Å²) in [5, 5.41) is 12.7. The molecule has 0 heterocycles. The SMILES string of the molecule is COc1cccc(/C=C(\C#N)C(=O)Nc2cc(Cl)cc(Cl)c2)c1OC. The van der Waals surface area contributed by atoms with Crippen molar-refractivity contribution in [1.82, 2.24) is 0 Å². The van der Waals surface area contributed by atoms with Gasteiger partial charge < -0.3 is 14.8 Å². The lowest BCUT2D eigenvalue weighted by atomic mass is 10.1. The number of ether oxygens (including phenoxy) is 2. The fraction of sp³-hybridized carbons (Fsp3) is 0.111. The number of amides is 1. The molecular weight excluding hydrogens is 363 g/mol. The number of carbonyl (C=O) groups excluding carboxylic acids is 1. The number of anilines is 1. The number of methoxy groups -OCH3 is 2. The number of halogens is 2. The number of hydrogen-bond acceptors (Lipinski definition) is 4. The maximum absolute atomic E-state index is 12.4. The molecule has 0 fully saturated rings. The van der Waals surface area contributed by atoms with Gasteiger partial charge in [0, 0.05) is 21.3 Å². The van der Waals surface area contributed by atoms with Crippen LogP contribution in [-0.4, -0.2) is 20.1 Å². The van der Waals surface area contributed by atoms with E-state index in [9.17, 15) is 10.1 Å². The van der Waals surface area contributed by atoms with Crippen LogP contribution in [0.4, 0.5) is 5.69 Å². The van der Waals surface area contributed by atoms with E-state index in [4.69, 9.17) is 32.7 Å². The number of nitriles is 1. The minimum absolute atomic E-state index is 0.109. The third-order valence-electron chi connectivity index (χ3n) is 3.22. The standard InChI is InChI=1S/C18H14Cl2N2O3/c1-24-16-5-3-4-11(17(16)25-2)6-12(10-21)18(23)22-15-8-13(19)7-14(20)9-15/h3-9H,1-2H3,(H,22,23)/b12-6+. The van der Waals surface area contributed by atoms with Crippen molar-refractivity contribution in [1.29, 1.82) is 5.26 Å². The van der Waals surface area contributed by atoms with Crippen LogP contribution in [0, 0.1) is 11.3 Å². The van der Waals surface area contributed by atoms with E-state index >= 15 is 0 Å². The van der Waals surface area contributed by atoms with Crippen molar-refractivity contribution in [2.75, 3.05) is 19.5 Å². The van der Waals surface area contributed by atoms with Crippen LogP contribution >= 0.6 is 23.2 Å². The summed E-state index contributed by atoms with van der Waals surface area (Å²) in [6, 6.07) is 11.6. The van der Waals surface area contributed by atoms with E-state index in [2.05, 4.69) is 5.32 Å². The van der Waals surface area contributed by atoms with Gasteiger partial charge in [-0.25, -0.2) is 0 Å². The lowest BCUT2D eigenvalue weighted by molar-refractivity contribution is -0.112. The minimum atomic E-state index is -0.592. The molecule has 0 unspecified atom stereocenters. The molecule has 128 valence electrons. The highest BCUT2D eigenvalue weighted by molar-refractivity contribution is 6.35. The molecular formula is C18H14Cl2N2O3. The van der Waals surface area contributed by atoms with Gasteiger partial charge in [-0.05, 0) is 30.3 Å². The number of benzene rings is 2. The predicted octanol–water partition coefficient (Wildman–Crippen LogP) is 4.56. The van der Waals surface area contributed by atoms with Crippen molar-refractivity contribution in [2.24, 2.45) is 0 Å². The molecule has 0 bridgehead atoms. The Morgan fingerprint density at radius 3 is 2.40 bits per heavy atom.